The van der Waals surface area contributed by atoms with E-state index in [1.54, 1.807) is 6.20 Å². The first-order valence-corrected chi connectivity index (χ1v) is 8.83. The third-order valence-electron chi connectivity index (χ3n) is 4.48. The lowest BCUT2D eigenvalue weighted by atomic mass is 9.76. The molecule has 0 saturated heterocycles. The lowest BCUT2D eigenvalue weighted by Gasteiger charge is -2.37. The summed E-state index contributed by atoms with van der Waals surface area (Å²) in [6.45, 7) is 1.91. The lowest BCUT2D eigenvalue weighted by molar-refractivity contribution is 0.0227. The number of pyridine rings is 1. The molecule has 3 aromatic rings. The van der Waals surface area contributed by atoms with Crippen molar-refractivity contribution in [3.05, 3.63) is 53.1 Å². The summed E-state index contributed by atoms with van der Waals surface area (Å²) in [4.78, 5) is 22.4. The molecule has 3 heterocycles. The number of aliphatic hydroxyl groups excluding tert-OH is 1. The second-order valence-corrected chi connectivity index (χ2v) is 7.08. The quantitative estimate of drug-likeness (QED) is 0.763. The van der Waals surface area contributed by atoms with Crippen LogP contribution in [0.3, 0.4) is 0 Å². The molecule has 0 spiro atoms. The van der Waals surface area contributed by atoms with Gasteiger partial charge in [-0.05, 0) is 37.8 Å². The molecule has 0 bridgehead atoms. The van der Waals surface area contributed by atoms with Crippen LogP contribution in [0, 0.1) is 12.8 Å². The van der Waals surface area contributed by atoms with Crippen LogP contribution in [0.1, 0.15) is 40.8 Å². The van der Waals surface area contributed by atoms with Crippen LogP contribution in [-0.2, 0) is 0 Å². The van der Waals surface area contributed by atoms with Gasteiger partial charge in [-0.1, -0.05) is 6.07 Å². The van der Waals surface area contributed by atoms with E-state index in [4.69, 9.17) is 0 Å². The third-order valence-corrected chi connectivity index (χ3v) is 5.32. The average Bonchev–Trinajstić information content (AvgIpc) is 3.09. The highest BCUT2D eigenvalue weighted by atomic mass is 32.1. The number of fused-ring (bicyclic) bond motifs is 1. The van der Waals surface area contributed by atoms with Gasteiger partial charge in [-0.3, -0.25) is 14.2 Å². The van der Waals surface area contributed by atoms with Gasteiger partial charge in [0, 0.05) is 17.8 Å². The first-order valence-electron chi connectivity index (χ1n) is 7.95. The zero-order valence-corrected chi connectivity index (χ0v) is 14.0. The number of carbonyl (C=O) groups excluding carboxylic acids is 1. The molecular formula is C17H18N4O2S. The number of aliphatic hydroxyl groups is 1. The van der Waals surface area contributed by atoms with Crippen LogP contribution in [0.4, 0.5) is 0 Å². The fraction of sp³-hybridized carbons (Fsp3) is 0.353. The van der Waals surface area contributed by atoms with Crippen molar-refractivity contribution >= 4 is 22.2 Å². The van der Waals surface area contributed by atoms with Gasteiger partial charge in [0.1, 0.15) is 5.69 Å². The number of thiazole rings is 1. The van der Waals surface area contributed by atoms with Gasteiger partial charge in [-0.25, -0.2) is 4.98 Å². The van der Waals surface area contributed by atoms with Crippen molar-refractivity contribution in [2.24, 2.45) is 5.92 Å². The summed E-state index contributed by atoms with van der Waals surface area (Å²) < 4.78 is 1.82. The highest BCUT2D eigenvalue weighted by molar-refractivity contribution is 7.15. The molecule has 1 unspecified atom stereocenters. The zero-order chi connectivity index (χ0) is 16.7. The Balaban J connectivity index is 1.61. The number of rotatable bonds is 4. The molecular weight excluding hydrogens is 324 g/mol. The van der Waals surface area contributed by atoms with Crippen molar-refractivity contribution in [3.8, 4) is 0 Å². The number of hydrogen-bond donors (Lipinski definition) is 2. The van der Waals surface area contributed by atoms with E-state index in [1.165, 1.54) is 11.3 Å². The second-order valence-electron chi connectivity index (χ2n) is 6.25. The van der Waals surface area contributed by atoms with Gasteiger partial charge in [0.15, 0.2) is 4.96 Å². The van der Waals surface area contributed by atoms with E-state index in [1.807, 2.05) is 41.1 Å². The molecule has 0 aliphatic heterocycles. The van der Waals surface area contributed by atoms with Gasteiger partial charge in [0.25, 0.3) is 5.91 Å². The Morgan fingerprint density at radius 1 is 1.46 bits per heavy atom. The predicted molar refractivity (Wildman–Crippen MR) is 91.0 cm³/mol. The molecule has 1 aliphatic rings. The molecule has 1 aliphatic carbocycles. The van der Waals surface area contributed by atoms with E-state index in [-0.39, 0.29) is 24.0 Å². The Morgan fingerprint density at radius 2 is 2.29 bits per heavy atom. The number of imidazole rings is 1. The molecule has 0 radical (unpaired) electrons. The van der Waals surface area contributed by atoms with E-state index in [0.717, 1.165) is 16.3 Å². The summed E-state index contributed by atoms with van der Waals surface area (Å²) in [7, 11) is 0. The SMILES string of the molecule is Cc1cn2c(C(=O)NC(c3ccccn3)C3CC(O)C3)csc2n1. The highest BCUT2D eigenvalue weighted by Gasteiger charge is 2.36. The van der Waals surface area contributed by atoms with Crippen molar-refractivity contribution in [2.45, 2.75) is 31.9 Å². The van der Waals surface area contributed by atoms with Crippen molar-refractivity contribution < 1.29 is 9.90 Å². The Kier molecular flexibility index (Phi) is 3.82. The maximum absolute atomic E-state index is 12.8. The van der Waals surface area contributed by atoms with E-state index < -0.39 is 0 Å². The summed E-state index contributed by atoms with van der Waals surface area (Å²) in [6.07, 6.45) is 4.69. The monoisotopic (exact) mass is 342 g/mol. The summed E-state index contributed by atoms with van der Waals surface area (Å²) in [5.74, 6) is 0.0631. The number of carbonyl (C=O) groups is 1. The Hall–Kier alpha value is -2.25. The van der Waals surface area contributed by atoms with Gasteiger partial charge in [0.2, 0.25) is 0 Å². The van der Waals surface area contributed by atoms with E-state index in [0.29, 0.717) is 18.5 Å². The molecule has 1 fully saturated rings. The maximum Gasteiger partial charge on any atom is 0.269 e. The Morgan fingerprint density at radius 3 is 3.00 bits per heavy atom. The van der Waals surface area contributed by atoms with Gasteiger partial charge >= 0.3 is 0 Å². The Labute approximate surface area is 143 Å². The van der Waals surface area contributed by atoms with Crippen LogP contribution < -0.4 is 5.32 Å². The first kappa shape index (κ1) is 15.3. The summed E-state index contributed by atoms with van der Waals surface area (Å²) in [5.41, 5.74) is 2.30. The minimum atomic E-state index is -0.276. The van der Waals surface area contributed by atoms with E-state index in [2.05, 4.69) is 15.3 Å². The van der Waals surface area contributed by atoms with Gasteiger partial charge in [-0.15, -0.1) is 11.3 Å². The maximum atomic E-state index is 12.8. The number of hydrogen-bond acceptors (Lipinski definition) is 5. The van der Waals surface area contributed by atoms with Crippen LogP contribution in [0.2, 0.25) is 0 Å². The largest absolute Gasteiger partial charge is 0.393 e. The second kappa shape index (κ2) is 5.99. The van der Waals surface area contributed by atoms with Crippen molar-refractivity contribution in [2.75, 3.05) is 0 Å². The lowest BCUT2D eigenvalue weighted by Crippen LogP contribution is -2.42. The molecule has 7 heteroatoms. The van der Waals surface area contributed by atoms with Gasteiger partial charge in [-0.2, -0.15) is 0 Å². The molecule has 1 saturated carbocycles. The standard InChI is InChI=1S/C17H18N4O2S/c1-10-8-21-14(9-24-17(21)19-10)16(23)20-15(11-6-12(22)7-11)13-4-2-3-5-18-13/h2-5,8-9,11-12,15,22H,6-7H2,1H3,(H,20,23). The van der Waals surface area contributed by atoms with Crippen LogP contribution >= 0.6 is 11.3 Å². The number of amides is 1. The summed E-state index contributed by atoms with van der Waals surface area (Å²) >= 11 is 1.45. The minimum absolute atomic E-state index is 0.143. The third kappa shape index (κ3) is 2.70. The fourth-order valence-electron chi connectivity index (χ4n) is 3.17. The molecule has 1 atom stereocenters. The van der Waals surface area contributed by atoms with Gasteiger partial charge < -0.3 is 10.4 Å². The van der Waals surface area contributed by atoms with Crippen LogP contribution in [0.15, 0.2) is 36.0 Å². The van der Waals surface area contributed by atoms with Crippen molar-refractivity contribution in [1.82, 2.24) is 19.7 Å². The molecule has 3 aromatic heterocycles. The molecule has 4 rings (SSSR count). The zero-order valence-electron chi connectivity index (χ0n) is 13.2. The summed E-state index contributed by atoms with van der Waals surface area (Å²) in [5, 5.41) is 14.6. The number of aryl methyl sites for hydroxylation is 1. The van der Waals surface area contributed by atoms with Crippen molar-refractivity contribution in [3.63, 3.8) is 0 Å². The molecule has 124 valence electrons. The minimum Gasteiger partial charge on any atom is -0.393 e. The van der Waals surface area contributed by atoms with Gasteiger partial charge in [0.05, 0.1) is 23.5 Å². The van der Waals surface area contributed by atoms with E-state index >= 15 is 0 Å². The average molecular weight is 342 g/mol. The van der Waals surface area contributed by atoms with Crippen LogP contribution in [0.5, 0.6) is 0 Å². The predicted octanol–water partition coefficient (Wildman–Crippen LogP) is 2.34. The number of nitrogens with one attached hydrogen (secondary N) is 1. The van der Waals surface area contributed by atoms with Crippen molar-refractivity contribution in [1.29, 1.82) is 0 Å². The molecule has 0 aromatic carbocycles. The highest BCUT2D eigenvalue weighted by Crippen LogP contribution is 2.37. The summed E-state index contributed by atoms with van der Waals surface area (Å²) in [6, 6.07) is 5.50. The molecule has 1 amide bonds. The first-order chi connectivity index (χ1) is 11.6. The molecule has 6 nitrogen and oxygen atoms in total. The van der Waals surface area contributed by atoms with Crippen LogP contribution in [-0.4, -0.2) is 31.5 Å². The van der Waals surface area contributed by atoms with E-state index in [9.17, 15) is 9.90 Å². The Bertz CT molecular complexity index is 867. The fourth-order valence-corrected chi connectivity index (χ4v) is 4.07. The smallest absolute Gasteiger partial charge is 0.269 e. The molecule has 24 heavy (non-hydrogen) atoms. The normalized spacial score (nSPS) is 21.4. The number of nitrogens with zero attached hydrogens (tertiary/aromatic N) is 3. The number of aromatic nitrogens is 3. The topological polar surface area (TPSA) is 79.5 Å². The van der Waals surface area contributed by atoms with Crippen LogP contribution in [0.25, 0.3) is 4.96 Å². The molecule has 2 N–H and O–H groups in total.